The number of alkyl halides is 7. The molecule has 1 aliphatic rings. The van der Waals surface area contributed by atoms with E-state index in [2.05, 4.69) is 0 Å². The standard InChI is InChI=1S/C10H6ClF7O2/c11-4-2-1-3-5(19)6(4)7(20)8(12,13)9(14,15)10(16,17)18/h1-3H2. The molecule has 0 N–H and O–H groups in total. The molecule has 0 bridgehead atoms. The first kappa shape index (κ1) is 16.9. The highest BCUT2D eigenvalue weighted by atomic mass is 35.5. The lowest BCUT2D eigenvalue weighted by Crippen LogP contribution is -2.57. The minimum atomic E-state index is -6.64. The summed E-state index contributed by atoms with van der Waals surface area (Å²) in [6.07, 6.45) is -7.19. The zero-order chi connectivity index (χ0) is 15.9. The Morgan fingerprint density at radius 2 is 1.50 bits per heavy atom. The van der Waals surface area contributed by atoms with Crippen LogP contribution >= 0.6 is 11.6 Å². The van der Waals surface area contributed by atoms with Crippen molar-refractivity contribution in [2.45, 2.75) is 37.3 Å². The topological polar surface area (TPSA) is 34.1 Å². The summed E-state index contributed by atoms with van der Waals surface area (Å²) in [6, 6.07) is 0. The molecule has 0 aromatic heterocycles. The van der Waals surface area contributed by atoms with Gasteiger partial charge >= 0.3 is 18.0 Å². The van der Waals surface area contributed by atoms with Crippen LogP contribution < -0.4 is 0 Å². The molecule has 2 nitrogen and oxygen atoms in total. The van der Waals surface area contributed by atoms with Crippen LogP contribution in [0.4, 0.5) is 30.7 Å². The SMILES string of the molecule is O=C1CCCC(Cl)=C1C(=O)C(F)(F)C(F)(F)C(F)(F)F. The molecule has 20 heavy (non-hydrogen) atoms. The summed E-state index contributed by atoms with van der Waals surface area (Å²) in [7, 11) is 0. The second-order valence-electron chi connectivity index (χ2n) is 4.03. The summed E-state index contributed by atoms with van der Waals surface area (Å²) < 4.78 is 87.5. The minimum Gasteiger partial charge on any atom is -0.294 e. The lowest BCUT2D eigenvalue weighted by atomic mass is 9.90. The van der Waals surface area contributed by atoms with Gasteiger partial charge in [0.25, 0.3) is 0 Å². The van der Waals surface area contributed by atoms with Crippen LogP contribution in [0.2, 0.25) is 0 Å². The summed E-state index contributed by atoms with van der Waals surface area (Å²) >= 11 is 5.32. The van der Waals surface area contributed by atoms with Gasteiger partial charge < -0.3 is 0 Å². The third-order valence-electron chi connectivity index (χ3n) is 2.61. The van der Waals surface area contributed by atoms with E-state index in [9.17, 15) is 40.3 Å². The van der Waals surface area contributed by atoms with Gasteiger partial charge in [0.2, 0.25) is 5.78 Å². The molecule has 1 aliphatic carbocycles. The molecule has 0 aromatic carbocycles. The molecule has 0 atom stereocenters. The molecular weight excluding hydrogens is 321 g/mol. The van der Waals surface area contributed by atoms with Gasteiger partial charge in [0.05, 0.1) is 5.57 Å². The number of Topliss-reactive ketones (excluding diaryl/α,β-unsaturated/α-hetero) is 2. The monoisotopic (exact) mass is 326 g/mol. The van der Waals surface area contributed by atoms with Crippen molar-refractivity contribution in [2.75, 3.05) is 0 Å². The van der Waals surface area contributed by atoms with Gasteiger partial charge in [-0.2, -0.15) is 30.7 Å². The molecule has 0 saturated carbocycles. The van der Waals surface area contributed by atoms with E-state index in [-0.39, 0.29) is 12.8 Å². The molecule has 0 unspecified atom stereocenters. The highest BCUT2D eigenvalue weighted by Gasteiger charge is 2.76. The number of carbonyl (C=O) groups excluding carboxylic acids is 2. The van der Waals surface area contributed by atoms with Crippen molar-refractivity contribution in [1.29, 1.82) is 0 Å². The second kappa shape index (κ2) is 5.01. The molecular formula is C10H6ClF7O2. The number of rotatable bonds is 3. The van der Waals surface area contributed by atoms with Gasteiger partial charge in [-0.25, -0.2) is 0 Å². The minimum absolute atomic E-state index is 0.0929. The van der Waals surface area contributed by atoms with Crippen molar-refractivity contribution in [3.8, 4) is 0 Å². The maximum atomic E-state index is 13.2. The predicted octanol–water partition coefficient (Wildman–Crippen LogP) is 3.63. The van der Waals surface area contributed by atoms with Gasteiger partial charge in [0, 0.05) is 11.5 Å². The molecule has 0 aliphatic heterocycles. The molecule has 0 heterocycles. The van der Waals surface area contributed by atoms with Gasteiger partial charge in [-0.3, -0.25) is 9.59 Å². The first-order valence-corrected chi connectivity index (χ1v) is 5.51. The van der Waals surface area contributed by atoms with Crippen LogP contribution in [0.5, 0.6) is 0 Å². The van der Waals surface area contributed by atoms with E-state index in [0.717, 1.165) is 0 Å². The van der Waals surface area contributed by atoms with Crippen molar-refractivity contribution >= 4 is 23.2 Å². The van der Waals surface area contributed by atoms with E-state index in [1.54, 1.807) is 0 Å². The quantitative estimate of drug-likeness (QED) is 0.586. The predicted molar refractivity (Wildman–Crippen MR) is 52.7 cm³/mol. The molecule has 0 fully saturated rings. The average Bonchev–Trinajstić information content (AvgIpc) is 2.26. The van der Waals surface area contributed by atoms with E-state index in [4.69, 9.17) is 11.6 Å². The summed E-state index contributed by atoms with van der Waals surface area (Å²) in [5.41, 5.74) is -1.48. The van der Waals surface area contributed by atoms with Crippen molar-refractivity contribution in [1.82, 2.24) is 0 Å². The van der Waals surface area contributed by atoms with E-state index < -0.39 is 46.6 Å². The number of hydrogen-bond acceptors (Lipinski definition) is 2. The van der Waals surface area contributed by atoms with E-state index >= 15 is 0 Å². The van der Waals surface area contributed by atoms with Crippen molar-refractivity contribution in [3.63, 3.8) is 0 Å². The molecule has 1 rings (SSSR count). The van der Waals surface area contributed by atoms with E-state index in [1.165, 1.54) is 0 Å². The van der Waals surface area contributed by atoms with E-state index in [1.807, 2.05) is 0 Å². The zero-order valence-electron chi connectivity index (χ0n) is 9.46. The number of halogens is 8. The van der Waals surface area contributed by atoms with E-state index in [0.29, 0.717) is 0 Å². The summed E-state index contributed by atoms with van der Waals surface area (Å²) in [5, 5.41) is -0.733. The molecule has 0 aromatic rings. The van der Waals surface area contributed by atoms with Crippen LogP contribution in [0, 0.1) is 0 Å². The third-order valence-corrected chi connectivity index (χ3v) is 2.99. The fourth-order valence-corrected chi connectivity index (χ4v) is 1.86. The Morgan fingerprint density at radius 1 is 1.00 bits per heavy atom. The van der Waals surface area contributed by atoms with Crippen LogP contribution in [0.1, 0.15) is 19.3 Å². The Labute approximate surface area is 112 Å². The number of hydrogen-bond donors (Lipinski definition) is 0. The van der Waals surface area contributed by atoms with Gasteiger partial charge in [0.15, 0.2) is 5.78 Å². The lowest BCUT2D eigenvalue weighted by molar-refractivity contribution is -0.342. The normalized spacial score (nSPS) is 18.5. The molecule has 0 saturated heterocycles. The Hall–Kier alpha value is -1.12. The largest absolute Gasteiger partial charge is 0.460 e. The smallest absolute Gasteiger partial charge is 0.294 e. The highest BCUT2D eigenvalue weighted by molar-refractivity contribution is 6.38. The molecule has 0 spiro atoms. The molecule has 114 valence electrons. The Bertz CT molecular complexity index is 478. The summed E-state index contributed by atoms with van der Waals surface area (Å²) in [5.74, 6) is -16.9. The highest BCUT2D eigenvalue weighted by Crippen LogP contribution is 2.48. The van der Waals surface area contributed by atoms with Gasteiger partial charge in [-0.05, 0) is 12.8 Å². The fraction of sp³-hybridized carbons (Fsp3) is 0.600. The number of ketones is 2. The first-order chi connectivity index (χ1) is 8.84. The van der Waals surface area contributed by atoms with Gasteiger partial charge in [0.1, 0.15) is 0 Å². The molecule has 0 radical (unpaired) electrons. The fourth-order valence-electron chi connectivity index (χ4n) is 1.53. The van der Waals surface area contributed by atoms with Crippen molar-refractivity contribution in [3.05, 3.63) is 10.6 Å². The van der Waals surface area contributed by atoms with Gasteiger partial charge in [-0.15, -0.1) is 0 Å². The Morgan fingerprint density at radius 3 is 1.90 bits per heavy atom. The molecule has 10 heteroatoms. The second-order valence-corrected chi connectivity index (χ2v) is 4.49. The maximum absolute atomic E-state index is 13.2. The summed E-state index contributed by atoms with van der Waals surface area (Å²) in [6.45, 7) is 0. The van der Waals surface area contributed by atoms with Crippen LogP contribution in [-0.4, -0.2) is 29.6 Å². The van der Waals surface area contributed by atoms with Crippen molar-refractivity contribution in [2.24, 2.45) is 0 Å². The third kappa shape index (κ3) is 2.55. The zero-order valence-corrected chi connectivity index (χ0v) is 10.2. The lowest BCUT2D eigenvalue weighted by Gasteiger charge is -2.28. The van der Waals surface area contributed by atoms with Crippen molar-refractivity contribution < 1.29 is 40.3 Å². The van der Waals surface area contributed by atoms with Gasteiger partial charge in [-0.1, -0.05) is 11.6 Å². The van der Waals surface area contributed by atoms with Crippen LogP contribution in [0.15, 0.2) is 10.6 Å². The van der Waals surface area contributed by atoms with Crippen LogP contribution in [0.3, 0.4) is 0 Å². The van der Waals surface area contributed by atoms with Crippen LogP contribution in [-0.2, 0) is 9.59 Å². The number of carbonyl (C=O) groups is 2. The summed E-state index contributed by atoms with van der Waals surface area (Å²) in [4.78, 5) is 22.5. The number of allylic oxidation sites excluding steroid dienone is 2. The maximum Gasteiger partial charge on any atom is 0.460 e. The Balaban J connectivity index is 3.29. The van der Waals surface area contributed by atoms with Crippen LogP contribution in [0.25, 0.3) is 0 Å². The first-order valence-electron chi connectivity index (χ1n) is 5.13. The Kier molecular flexibility index (Phi) is 4.24. The molecule has 0 amide bonds. The average molecular weight is 327 g/mol.